The average molecular weight is 431 g/mol. The van der Waals surface area contributed by atoms with E-state index in [-0.39, 0.29) is 30.5 Å². The Bertz CT molecular complexity index is 1070. The number of carbonyl (C=O) groups excluding carboxylic acids is 2. The highest BCUT2D eigenvalue weighted by molar-refractivity contribution is 5.89. The molecule has 0 aliphatic heterocycles. The van der Waals surface area contributed by atoms with Gasteiger partial charge in [-0.2, -0.15) is 0 Å². The summed E-state index contributed by atoms with van der Waals surface area (Å²) in [4.78, 5) is 38.8. The first-order valence-electron chi connectivity index (χ1n) is 10.3. The molecule has 3 aromatic carbocycles. The van der Waals surface area contributed by atoms with Crippen LogP contribution in [-0.2, 0) is 29.0 Å². The van der Waals surface area contributed by atoms with Crippen molar-refractivity contribution in [3.63, 3.8) is 0 Å². The van der Waals surface area contributed by atoms with E-state index >= 15 is 0 Å². The summed E-state index contributed by atoms with van der Waals surface area (Å²) in [5.41, 5.74) is 1.99. The van der Waals surface area contributed by atoms with Crippen molar-refractivity contribution in [1.29, 1.82) is 0 Å². The van der Waals surface area contributed by atoms with Crippen molar-refractivity contribution >= 4 is 17.5 Å². The minimum atomic E-state index is -0.766. The Labute approximate surface area is 186 Å². The van der Waals surface area contributed by atoms with Crippen LogP contribution in [0.1, 0.15) is 16.7 Å². The highest BCUT2D eigenvalue weighted by Crippen LogP contribution is 2.21. The molecule has 32 heavy (non-hydrogen) atoms. The number of nitrogens with one attached hydrogen (secondary N) is 1. The highest BCUT2D eigenvalue weighted by atomic mass is 16.6. The zero-order valence-electron chi connectivity index (χ0n) is 17.8. The lowest BCUT2D eigenvalue weighted by Gasteiger charge is -2.31. The van der Waals surface area contributed by atoms with Gasteiger partial charge in [-0.1, -0.05) is 78.9 Å². The van der Waals surface area contributed by atoms with Gasteiger partial charge in [-0.3, -0.25) is 19.7 Å². The summed E-state index contributed by atoms with van der Waals surface area (Å²) in [6.45, 7) is 0.214. The number of rotatable bonds is 9. The quantitative estimate of drug-likeness (QED) is 0.414. The topological polar surface area (TPSA) is 92.6 Å². The van der Waals surface area contributed by atoms with Crippen LogP contribution < -0.4 is 5.32 Å². The summed E-state index contributed by atoms with van der Waals surface area (Å²) in [6.07, 6.45) is 0.155. The SMILES string of the molecule is CNC(=O)[C@@H](Cc1ccccc1)N(Cc1ccccc1)C(=O)Cc1ccccc1[N+](=O)[O-]. The van der Waals surface area contributed by atoms with E-state index in [9.17, 15) is 19.7 Å². The third-order valence-electron chi connectivity index (χ3n) is 5.24. The molecule has 0 bridgehead atoms. The summed E-state index contributed by atoms with van der Waals surface area (Å²) in [5, 5.41) is 14.1. The second kappa shape index (κ2) is 10.9. The molecule has 0 aliphatic rings. The summed E-state index contributed by atoms with van der Waals surface area (Å²) in [6, 6.07) is 24.3. The predicted octanol–water partition coefficient (Wildman–Crippen LogP) is 3.52. The number of likely N-dealkylation sites (N-methyl/N-ethyl adjacent to an activating group) is 1. The first kappa shape index (κ1) is 22.7. The lowest BCUT2D eigenvalue weighted by molar-refractivity contribution is -0.385. The van der Waals surface area contributed by atoms with Crippen LogP contribution in [0.3, 0.4) is 0 Å². The fourth-order valence-corrected chi connectivity index (χ4v) is 3.60. The van der Waals surface area contributed by atoms with Crippen molar-refractivity contribution in [2.75, 3.05) is 7.05 Å². The minimum absolute atomic E-state index is 0.111. The molecule has 1 N–H and O–H groups in total. The average Bonchev–Trinajstić information content (AvgIpc) is 2.82. The Morgan fingerprint density at radius 1 is 0.906 bits per heavy atom. The fraction of sp³-hybridized carbons (Fsp3) is 0.200. The zero-order valence-corrected chi connectivity index (χ0v) is 17.8. The molecule has 2 amide bonds. The number of benzene rings is 3. The van der Waals surface area contributed by atoms with Crippen molar-refractivity contribution in [3.8, 4) is 0 Å². The number of nitro groups is 1. The van der Waals surface area contributed by atoms with Crippen LogP contribution in [0.2, 0.25) is 0 Å². The Morgan fingerprint density at radius 3 is 2.06 bits per heavy atom. The fourth-order valence-electron chi connectivity index (χ4n) is 3.60. The molecule has 0 heterocycles. The number of carbonyl (C=O) groups is 2. The Morgan fingerprint density at radius 2 is 1.47 bits per heavy atom. The van der Waals surface area contributed by atoms with E-state index in [4.69, 9.17) is 0 Å². The van der Waals surface area contributed by atoms with Crippen molar-refractivity contribution in [2.45, 2.75) is 25.4 Å². The van der Waals surface area contributed by atoms with Gasteiger partial charge >= 0.3 is 0 Å². The van der Waals surface area contributed by atoms with Crippen LogP contribution in [0.15, 0.2) is 84.9 Å². The van der Waals surface area contributed by atoms with Gasteiger partial charge in [0.25, 0.3) is 5.69 Å². The number of nitro benzene ring substituents is 1. The zero-order chi connectivity index (χ0) is 22.9. The van der Waals surface area contributed by atoms with Gasteiger partial charge in [0.2, 0.25) is 11.8 Å². The van der Waals surface area contributed by atoms with Crippen molar-refractivity contribution < 1.29 is 14.5 Å². The van der Waals surface area contributed by atoms with Crippen molar-refractivity contribution in [2.24, 2.45) is 0 Å². The summed E-state index contributed by atoms with van der Waals surface area (Å²) in [5.74, 6) is -0.645. The van der Waals surface area contributed by atoms with E-state index in [1.54, 1.807) is 18.2 Å². The van der Waals surface area contributed by atoms with Gasteiger partial charge < -0.3 is 10.2 Å². The maximum absolute atomic E-state index is 13.5. The van der Waals surface area contributed by atoms with Crippen LogP contribution in [0.5, 0.6) is 0 Å². The van der Waals surface area contributed by atoms with Crippen molar-refractivity contribution in [1.82, 2.24) is 10.2 Å². The number of hydrogen-bond acceptors (Lipinski definition) is 4. The van der Waals surface area contributed by atoms with E-state index in [0.29, 0.717) is 12.0 Å². The summed E-state index contributed by atoms with van der Waals surface area (Å²) < 4.78 is 0. The third-order valence-corrected chi connectivity index (χ3v) is 5.24. The highest BCUT2D eigenvalue weighted by Gasteiger charge is 2.30. The van der Waals surface area contributed by atoms with E-state index in [1.165, 1.54) is 18.0 Å². The van der Waals surface area contributed by atoms with Gasteiger partial charge in [0.1, 0.15) is 6.04 Å². The van der Waals surface area contributed by atoms with Crippen LogP contribution in [-0.4, -0.2) is 34.7 Å². The van der Waals surface area contributed by atoms with Gasteiger partial charge in [0.05, 0.1) is 11.3 Å². The van der Waals surface area contributed by atoms with Gasteiger partial charge in [-0.25, -0.2) is 0 Å². The Hall–Kier alpha value is -4.00. The second-order valence-corrected chi connectivity index (χ2v) is 7.39. The first-order valence-corrected chi connectivity index (χ1v) is 10.3. The molecule has 0 radical (unpaired) electrons. The van der Waals surface area contributed by atoms with Crippen LogP contribution >= 0.6 is 0 Å². The molecule has 0 spiro atoms. The van der Waals surface area contributed by atoms with Crippen LogP contribution in [0, 0.1) is 10.1 Å². The van der Waals surface area contributed by atoms with Gasteiger partial charge in [0, 0.05) is 31.6 Å². The molecule has 3 aromatic rings. The first-order chi connectivity index (χ1) is 15.5. The third kappa shape index (κ3) is 5.78. The smallest absolute Gasteiger partial charge is 0.273 e. The molecule has 0 aromatic heterocycles. The normalized spacial score (nSPS) is 11.4. The maximum atomic E-state index is 13.5. The molecule has 7 heteroatoms. The second-order valence-electron chi connectivity index (χ2n) is 7.39. The summed E-state index contributed by atoms with van der Waals surface area (Å²) >= 11 is 0. The standard InChI is InChI=1S/C25H25N3O4/c1-26-25(30)23(16-19-10-4-2-5-11-19)27(18-20-12-6-3-7-13-20)24(29)17-21-14-8-9-15-22(21)28(31)32/h2-15,23H,16-18H2,1H3,(H,26,30)/t23-/m1/s1. The van der Waals surface area contributed by atoms with E-state index in [0.717, 1.165) is 11.1 Å². The Kier molecular flexibility index (Phi) is 7.70. The molecular weight excluding hydrogens is 406 g/mol. The van der Waals surface area contributed by atoms with E-state index < -0.39 is 11.0 Å². The van der Waals surface area contributed by atoms with Crippen LogP contribution in [0.4, 0.5) is 5.69 Å². The lowest BCUT2D eigenvalue weighted by Crippen LogP contribution is -2.50. The number of hydrogen-bond donors (Lipinski definition) is 1. The van der Waals surface area contributed by atoms with E-state index in [1.807, 2.05) is 60.7 Å². The number of para-hydroxylation sites is 1. The molecule has 3 rings (SSSR count). The van der Waals surface area contributed by atoms with Crippen LogP contribution in [0.25, 0.3) is 0 Å². The molecule has 7 nitrogen and oxygen atoms in total. The molecule has 164 valence electrons. The number of nitrogens with zero attached hydrogens (tertiary/aromatic N) is 2. The number of amides is 2. The molecule has 1 atom stereocenters. The molecule has 0 aliphatic carbocycles. The largest absolute Gasteiger partial charge is 0.357 e. The monoisotopic (exact) mass is 431 g/mol. The molecule has 0 unspecified atom stereocenters. The Balaban J connectivity index is 1.96. The van der Waals surface area contributed by atoms with Gasteiger partial charge in [-0.05, 0) is 11.1 Å². The summed E-state index contributed by atoms with van der Waals surface area (Å²) in [7, 11) is 1.54. The molecular formula is C25H25N3O4. The van der Waals surface area contributed by atoms with Crippen molar-refractivity contribution in [3.05, 3.63) is 112 Å². The maximum Gasteiger partial charge on any atom is 0.273 e. The van der Waals surface area contributed by atoms with Gasteiger partial charge in [-0.15, -0.1) is 0 Å². The predicted molar refractivity (Wildman–Crippen MR) is 122 cm³/mol. The molecule has 0 saturated carbocycles. The lowest BCUT2D eigenvalue weighted by atomic mass is 10.0. The van der Waals surface area contributed by atoms with E-state index in [2.05, 4.69) is 5.32 Å². The molecule has 0 fully saturated rings. The van der Waals surface area contributed by atoms with Gasteiger partial charge in [0.15, 0.2) is 0 Å². The molecule has 0 saturated heterocycles. The minimum Gasteiger partial charge on any atom is -0.357 e.